The summed E-state index contributed by atoms with van der Waals surface area (Å²) in [7, 11) is 0. The molecule has 31 heavy (non-hydrogen) atoms. The number of fused-ring (bicyclic) bond motifs is 1. The molecule has 0 aliphatic rings. The van der Waals surface area contributed by atoms with Crippen molar-refractivity contribution in [2.45, 2.75) is 13.1 Å². The monoisotopic (exact) mass is 421 g/mol. The van der Waals surface area contributed by atoms with Crippen LogP contribution in [0.3, 0.4) is 0 Å². The maximum absolute atomic E-state index is 13.9. The molecule has 2 aromatic heterocycles. The zero-order valence-corrected chi connectivity index (χ0v) is 16.6. The molecular formula is C22H20FN5O3. The van der Waals surface area contributed by atoms with Gasteiger partial charge in [0.25, 0.3) is 11.5 Å². The lowest BCUT2D eigenvalue weighted by atomic mass is 10.2. The summed E-state index contributed by atoms with van der Waals surface area (Å²) in [5.41, 5.74) is 0.503. The Hall–Kier alpha value is -4.01. The summed E-state index contributed by atoms with van der Waals surface area (Å²) >= 11 is 0. The molecular weight excluding hydrogens is 401 g/mol. The summed E-state index contributed by atoms with van der Waals surface area (Å²) in [5.74, 6) is -0.0238. The van der Waals surface area contributed by atoms with E-state index in [1.807, 2.05) is 18.2 Å². The minimum Gasteiger partial charge on any atom is -0.484 e. The Labute approximate surface area is 176 Å². The van der Waals surface area contributed by atoms with Gasteiger partial charge in [-0.05, 0) is 18.2 Å². The van der Waals surface area contributed by atoms with Crippen LogP contribution in [-0.2, 0) is 17.9 Å². The lowest BCUT2D eigenvalue weighted by Crippen LogP contribution is -2.31. The van der Waals surface area contributed by atoms with Gasteiger partial charge in [-0.1, -0.05) is 36.4 Å². The van der Waals surface area contributed by atoms with E-state index in [9.17, 15) is 14.0 Å². The zero-order valence-electron chi connectivity index (χ0n) is 16.6. The fourth-order valence-corrected chi connectivity index (χ4v) is 3.10. The third-order valence-electron chi connectivity index (χ3n) is 4.68. The van der Waals surface area contributed by atoms with E-state index in [2.05, 4.69) is 15.4 Å². The minimum absolute atomic E-state index is 0.0805. The van der Waals surface area contributed by atoms with Crippen LogP contribution in [0.15, 0.2) is 71.9 Å². The van der Waals surface area contributed by atoms with Gasteiger partial charge in [0, 0.05) is 12.1 Å². The van der Waals surface area contributed by atoms with Crippen LogP contribution >= 0.6 is 0 Å². The summed E-state index contributed by atoms with van der Waals surface area (Å²) < 4.78 is 22.2. The number of aromatic nitrogens is 4. The smallest absolute Gasteiger partial charge is 0.264 e. The Bertz CT molecular complexity index is 1250. The second-order valence-electron chi connectivity index (χ2n) is 6.83. The molecule has 4 rings (SSSR count). The highest BCUT2D eigenvalue weighted by molar-refractivity contribution is 5.77. The van der Waals surface area contributed by atoms with E-state index in [1.54, 1.807) is 35.0 Å². The first-order valence-corrected chi connectivity index (χ1v) is 9.71. The molecule has 4 aromatic rings. The number of amides is 1. The summed E-state index contributed by atoms with van der Waals surface area (Å²) in [4.78, 5) is 29.0. The molecule has 1 amide bonds. The molecule has 0 bridgehead atoms. The highest BCUT2D eigenvalue weighted by Gasteiger charge is 2.12. The Morgan fingerprint density at radius 2 is 1.87 bits per heavy atom. The first kappa shape index (κ1) is 20.3. The number of nitrogens with one attached hydrogen (secondary N) is 1. The van der Waals surface area contributed by atoms with Crippen LogP contribution in [0.25, 0.3) is 11.0 Å². The summed E-state index contributed by atoms with van der Waals surface area (Å²) in [5, 5.41) is 7.27. The number of nitrogens with zero attached hydrogens (tertiary/aromatic N) is 4. The van der Waals surface area contributed by atoms with Crippen molar-refractivity contribution in [3.63, 3.8) is 0 Å². The van der Waals surface area contributed by atoms with E-state index in [0.29, 0.717) is 35.4 Å². The number of halogens is 1. The van der Waals surface area contributed by atoms with Gasteiger partial charge in [-0.2, -0.15) is 5.10 Å². The lowest BCUT2D eigenvalue weighted by molar-refractivity contribution is -0.123. The van der Waals surface area contributed by atoms with Crippen LogP contribution in [0.4, 0.5) is 4.39 Å². The highest BCUT2D eigenvalue weighted by atomic mass is 19.1. The Morgan fingerprint density at radius 1 is 1.10 bits per heavy atom. The number of rotatable bonds is 8. The zero-order chi connectivity index (χ0) is 21.6. The van der Waals surface area contributed by atoms with Crippen molar-refractivity contribution in [1.82, 2.24) is 24.6 Å². The van der Waals surface area contributed by atoms with Gasteiger partial charge in [-0.15, -0.1) is 0 Å². The van der Waals surface area contributed by atoms with Crippen LogP contribution in [0.1, 0.15) is 5.56 Å². The van der Waals surface area contributed by atoms with E-state index in [0.717, 1.165) is 0 Å². The number of hydrogen-bond donors (Lipinski definition) is 1. The molecule has 8 nitrogen and oxygen atoms in total. The topological polar surface area (TPSA) is 91.0 Å². The van der Waals surface area contributed by atoms with Crippen LogP contribution in [0, 0.1) is 5.82 Å². The molecule has 0 aliphatic heterocycles. The van der Waals surface area contributed by atoms with Crippen LogP contribution in [0.2, 0.25) is 0 Å². The lowest BCUT2D eigenvalue weighted by Gasteiger charge is -2.09. The molecule has 0 saturated heterocycles. The summed E-state index contributed by atoms with van der Waals surface area (Å²) in [6, 6.07) is 15.3. The van der Waals surface area contributed by atoms with Gasteiger partial charge in [0.05, 0.1) is 19.3 Å². The molecule has 9 heteroatoms. The maximum atomic E-state index is 13.9. The van der Waals surface area contributed by atoms with E-state index < -0.39 is 0 Å². The molecule has 0 fully saturated rings. The first-order valence-electron chi connectivity index (χ1n) is 9.71. The average molecular weight is 421 g/mol. The Morgan fingerprint density at radius 3 is 2.68 bits per heavy atom. The molecule has 1 N–H and O–H groups in total. The molecule has 158 valence electrons. The van der Waals surface area contributed by atoms with Crippen LogP contribution in [0.5, 0.6) is 5.75 Å². The minimum atomic E-state index is -0.378. The predicted molar refractivity (Wildman–Crippen MR) is 112 cm³/mol. The van der Waals surface area contributed by atoms with Crippen molar-refractivity contribution in [2.24, 2.45) is 0 Å². The second-order valence-corrected chi connectivity index (χ2v) is 6.83. The molecule has 0 spiro atoms. The quantitative estimate of drug-likeness (QED) is 0.470. The van der Waals surface area contributed by atoms with Gasteiger partial charge in [0.2, 0.25) is 0 Å². The van der Waals surface area contributed by atoms with Crippen molar-refractivity contribution in [2.75, 3.05) is 13.2 Å². The largest absolute Gasteiger partial charge is 0.484 e. The summed E-state index contributed by atoms with van der Waals surface area (Å²) in [6.45, 7) is 0.623. The third kappa shape index (κ3) is 4.77. The SMILES string of the molecule is O=C(COc1ccccc1)NCCn1ncc2c(=O)n(Cc3ccccc3F)cnc21. The van der Waals surface area contributed by atoms with Crippen molar-refractivity contribution in [1.29, 1.82) is 0 Å². The third-order valence-corrected chi connectivity index (χ3v) is 4.68. The first-order chi connectivity index (χ1) is 15.1. The second kappa shape index (κ2) is 9.21. The van der Waals surface area contributed by atoms with Gasteiger partial charge < -0.3 is 10.1 Å². The maximum Gasteiger partial charge on any atom is 0.264 e. The highest BCUT2D eigenvalue weighted by Crippen LogP contribution is 2.10. The standard InChI is InChI=1S/C22H20FN5O3/c23-19-9-5-4-6-16(19)13-27-15-25-21-18(22(27)30)12-26-28(21)11-10-24-20(29)14-31-17-7-2-1-3-8-17/h1-9,12,15H,10-11,13-14H2,(H,24,29). The molecule has 2 heterocycles. The molecule has 0 aliphatic carbocycles. The molecule has 0 radical (unpaired) electrons. The number of carbonyl (C=O) groups is 1. The van der Waals surface area contributed by atoms with Crippen molar-refractivity contribution >= 4 is 16.9 Å². The van der Waals surface area contributed by atoms with Crippen molar-refractivity contribution in [3.8, 4) is 5.75 Å². The number of para-hydroxylation sites is 1. The van der Waals surface area contributed by atoms with E-state index in [1.165, 1.54) is 23.2 Å². The van der Waals surface area contributed by atoms with Gasteiger partial charge in [0.1, 0.15) is 23.3 Å². The van der Waals surface area contributed by atoms with Gasteiger partial charge in [-0.25, -0.2) is 14.1 Å². The normalized spacial score (nSPS) is 10.9. The molecule has 0 unspecified atom stereocenters. The van der Waals surface area contributed by atoms with E-state index in [-0.39, 0.29) is 30.4 Å². The van der Waals surface area contributed by atoms with Gasteiger partial charge in [-0.3, -0.25) is 14.2 Å². The van der Waals surface area contributed by atoms with Gasteiger partial charge in [0.15, 0.2) is 12.3 Å². The van der Waals surface area contributed by atoms with Crippen molar-refractivity contribution < 1.29 is 13.9 Å². The fraction of sp³-hybridized carbons (Fsp3) is 0.182. The molecule has 0 atom stereocenters. The fourth-order valence-electron chi connectivity index (χ4n) is 3.10. The van der Waals surface area contributed by atoms with Crippen molar-refractivity contribution in [3.05, 3.63) is 88.9 Å². The van der Waals surface area contributed by atoms with E-state index >= 15 is 0 Å². The number of carbonyl (C=O) groups excluding carboxylic acids is 1. The Kier molecular flexibility index (Phi) is 6.02. The summed E-state index contributed by atoms with van der Waals surface area (Å²) in [6.07, 6.45) is 2.81. The average Bonchev–Trinajstić information content (AvgIpc) is 3.20. The predicted octanol–water partition coefficient (Wildman–Crippen LogP) is 1.98. The Balaban J connectivity index is 1.37. The van der Waals surface area contributed by atoms with Crippen LogP contribution < -0.4 is 15.6 Å². The number of ether oxygens (including phenoxy) is 1. The van der Waals surface area contributed by atoms with E-state index in [4.69, 9.17) is 4.74 Å². The number of benzene rings is 2. The number of hydrogen-bond acceptors (Lipinski definition) is 5. The molecule has 0 saturated carbocycles. The van der Waals surface area contributed by atoms with Gasteiger partial charge >= 0.3 is 0 Å². The van der Waals surface area contributed by atoms with Crippen LogP contribution in [-0.4, -0.2) is 38.4 Å². The molecule has 2 aromatic carbocycles.